The van der Waals surface area contributed by atoms with Gasteiger partial charge in [0.1, 0.15) is 17.2 Å². The molecule has 1 aliphatic rings. The number of aromatic hydroxyl groups is 1. The maximum absolute atomic E-state index is 12.7. The molecule has 2 N–H and O–H groups in total. The molecule has 0 radical (unpaired) electrons. The number of nitrogens with zero attached hydrogens (tertiary/aromatic N) is 2. The molecule has 8 heteroatoms. The number of aliphatic carboxylic acids is 1. The minimum atomic E-state index is -1.05. The van der Waals surface area contributed by atoms with Crippen molar-refractivity contribution in [2.45, 2.75) is 13.8 Å². The lowest BCUT2D eigenvalue weighted by molar-refractivity contribution is -0.139. The highest BCUT2D eigenvalue weighted by Crippen LogP contribution is 2.36. The lowest BCUT2D eigenvalue weighted by atomic mass is 10.2. The van der Waals surface area contributed by atoms with Gasteiger partial charge in [0.05, 0.1) is 4.91 Å². The summed E-state index contributed by atoms with van der Waals surface area (Å²) in [7, 11) is 0. The Morgan fingerprint density at radius 1 is 1.24 bits per heavy atom. The summed E-state index contributed by atoms with van der Waals surface area (Å²) in [6, 6.07) is 12.0. The Kier molecular flexibility index (Phi) is 6.23. The van der Waals surface area contributed by atoms with E-state index in [0.717, 1.165) is 11.1 Å². The SMILES string of the molecule is CCN1C(=O)/C(=C/c2ccc(OCC(=O)O)cc2)SC1=Nc1ccc(C)cc1O. The number of carboxylic acid groups (broad SMARTS) is 1. The molecule has 2 aromatic carbocycles. The first-order valence-electron chi connectivity index (χ1n) is 8.91. The monoisotopic (exact) mass is 412 g/mol. The average molecular weight is 412 g/mol. The van der Waals surface area contributed by atoms with Crippen LogP contribution in [0.4, 0.5) is 5.69 Å². The second kappa shape index (κ2) is 8.83. The van der Waals surface area contributed by atoms with Crippen LogP contribution in [0.25, 0.3) is 6.08 Å². The number of hydrogen-bond donors (Lipinski definition) is 2. The van der Waals surface area contributed by atoms with Crippen LogP contribution in [0.2, 0.25) is 0 Å². The van der Waals surface area contributed by atoms with E-state index in [9.17, 15) is 14.7 Å². The molecule has 0 bridgehead atoms. The Morgan fingerprint density at radius 2 is 1.97 bits per heavy atom. The highest BCUT2D eigenvalue weighted by atomic mass is 32.2. The van der Waals surface area contributed by atoms with Gasteiger partial charge in [-0.3, -0.25) is 9.69 Å². The standard InChI is InChI=1S/C21H20N2O5S/c1-3-23-20(27)18(11-14-5-7-15(8-6-14)28-12-19(25)26)29-21(23)22-16-9-4-13(2)10-17(16)24/h4-11,24H,3,12H2,1-2H3,(H,25,26)/b18-11-,22-21?. The molecule has 3 rings (SSSR count). The van der Waals surface area contributed by atoms with Gasteiger partial charge in [-0.15, -0.1) is 0 Å². The Labute approximate surface area is 172 Å². The van der Waals surface area contributed by atoms with Crippen molar-refractivity contribution in [3.63, 3.8) is 0 Å². The Morgan fingerprint density at radius 3 is 2.59 bits per heavy atom. The molecule has 1 saturated heterocycles. The van der Waals surface area contributed by atoms with Crippen LogP contribution >= 0.6 is 11.8 Å². The number of carboxylic acids is 1. The van der Waals surface area contributed by atoms with Crippen molar-refractivity contribution in [3.8, 4) is 11.5 Å². The molecule has 150 valence electrons. The van der Waals surface area contributed by atoms with Gasteiger partial charge < -0.3 is 14.9 Å². The van der Waals surface area contributed by atoms with Crippen molar-refractivity contribution in [1.82, 2.24) is 4.90 Å². The number of amides is 1. The molecule has 0 spiro atoms. The summed E-state index contributed by atoms with van der Waals surface area (Å²) in [5.41, 5.74) is 2.11. The molecule has 2 aromatic rings. The lowest BCUT2D eigenvalue weighted by Crippen LogP contribution is -2.28. The van der Waals surface area contributed by atoms with Gasteiger partial charge in [-0.2, -0.15) is 0 Å². The van der Waals surface area contributed by atoms with E-state index in [0.29, 0.717) is 28.1 Å². The molecule has 1 heterocycles. The number of phenols is 1. The van der Waals surface area contributed by atoms with Crippen molar-refractivity contribution >= 4 is 40.6 Å². The molecule has 29 heavy (non-hydrogen) atoms. The number of thioether (sulfide) groups is 1. The number of amidine groups is 1. The van der Waals surface area contributed by atoms with Gasteiger partial charge in [0, 0.05) is 6.54 Å². The number of phenolic OH excluding ortho intramolecular Hbond substituents is 1. The van der Waals surface area contributed by atoms with Gasteiger partial charge >= 0.3 is 5.97 Å². The van der Waals surface area contributed by atoms with E-state index in [2.05, 4.69) is 4.99 Å². The van der Waals surface area contributed by atoms with Crippen molar-refractivity contribution in [2.24, 2.45) is 4.99 Å². The molecule has 7 nitrogen and oxygen atoms in total. The number of aryl methyl sites for hydroxylation is 1. The minimum Gasteiger partial charge on any atom is -0.506 e. The van der Waals surface area contributed by atoms with Gasteiger partial charge in [0.2, 0.25) is 0 Å². The predicted molar refractivity (Wildman–Crippen MR) is 112 cm³/mol. The number of carbonyl (C=O) groups excluding carboxylic acids is 1. The smallest absolute Gasteiger partial charge is 0.341 e. The number of carbonyl (C=O) groups is 2. The third kappa shape index (κ3) is 4.97. The van der Waals surface area contributed by atoms with E-state index in [-0.39, 0.29) is 11.7 Å². The van der Waals surface area contributed by atoms with E-state index >= 15 is 0 Å². The molecule has 0 aromatic heterocycles. The van der Waals surface area contributed by atoms with Crippen LogP contribution in [0.5, 0.6) is 11.5 Å². The highest BCUT2D eigenvalue weighted by Gasteiger charge is 2.32. The van der Waals surface area contributed by atoms with Crippen LogP contribution in [0.1, 0.15) is 18.1 Å². The first-order chi connectivity index (χ1) is 13.9. The van der Waals surface area contributed by atoms with Crippen LogP contribution in [0.3, 0.4) is 0 Å². The molecular formula is C21H20N2O5S. The predicted octanol–water partition coefficient (Wildman–Crippen LogP) is 3.79. The summed E-state index contributed by atoms with van der Waals surface area (Å²) >= 11 is 1.24. The molecule has 0 aliphatic carbocycles. The van der Waals surface area contributed by atoms with E-state index in [1.54, 1.807) is 47.4 Å². The van der Waals surface area contributed by atoms with Crippen molar-refractivity contribution < 1.29 is 24.5 Å². The molecule has 0 saturated carbocycles. The second-order valence-corrected chi connectivity index (χ2v) is 7.31. The number of rotatable bonds is 6. The molecule has 1 amide bonds. The number of likely N-dealkylation sites (N-methyl/N-ethyl adjacent to an activating group) is 1. The zero-order valence-electron chi connectivity index (χ0n) is 16.0. The fourth-order valence-electron chi connectivity index (χ4n) is 2.66. The number of ether oxygens (including phenoxy) is 1. The highest BCUT2D eigenvalue weighted by molar-refractivity contribution is 8.18. The summed E-state index contributed by atoms with van der Waals surface area (Å²) in [4.78, 5) is 29.8. The maximum atomic E-state index is 12.7. The maximum Gasteiger partial charge on any atom is 0.341 e. The summed E-state index contributed by atoms with van der Waals surface area (Å²) in [5.74, 6) is -0.701. The largest absolute Gasteiger partial charge is 0.506 e. The van der Waals surface area contributed by atoms with E-state index < -0.39 is 12.6 Å². The number of hydrogen-bond acceptors (Lipinski definition) is 6. The average Bonchev–Trinajstić information content (AvgIpc) is 2.97. The zero-order valence-corrected chi connectivity index (χ0v) is 16.8. The van der Waals surface area contributed by atoms with Crippen LogP contribution in [-0.4, -0.2) is 45.3 Å². The lowest BCUT2D eigenvalue weighted by Gasteiger charge is -2.12. The van der Waals surface area contributed by atoms with Gasteiger partial charge in [0.25, 0.3) is 5.91 Å². The van der Waals surface area contributed by atoms with Crippen molar-refractivity contribution in [2.75, 3.05) is 13.2 Å². The second-order valence-electron chi connectivity index (χ2n) is 6.30. The summed E-state index contributed by atoms with van der Waals surface area (Å²) in [6.07, 6.45) is 1.74. The normalized spacial score (nSPS) is 16.6. The van der Waals surface area contributed by atoms with E-state index in [1.165, 1.54) is 11.8 Å². The van der Waals surface area contributed by atoms with Crippen LogP contribution in [-0.2, 0) is 9.59 Å². The quantitative estimate of drug-likeness (QED) is 0.701. The molecule has 1 aliphatic heterocycles. The third-order valence-electron chi connectivity index (χ3n) is 4.09. The van der Waals surface area contributed by atoms with E-state index in [4.69, 9.17) is 9.84 Å². The summed E-state index contributed by atoms with van der Waals surface area (Å²) < 4.78 is 5.11. The molecule has 0 unspecified atom stereocenters. The first-order valence-corrected chi connectivity index (χ1v) is 9.73. The van der Waals surface area contributed by atoms with Gasteiger partial charge in [0.15, 0.2) is 11.8 Å². The summed E-state index contributed by atoms with van der Waals surface area (Å²) in [6.45, 7) is 3.78. The molecule has 0 atom stereocenters. The van der Waals surface area contributed by atoms with E-state index in [1.807, 2.05) is 19.9 Å². The minimum absolute atomic E-state index is 0.0657. The number of aliphatic imine (C=N–C) groups is 1. The van der Waals surface area contributed by atoms with Crippen LogP contribution in [0, 0.1) is 6.92 Å². The Balaban J connectivity index is 1.82. The van der Waals surface area contributed by atoms with Crippen molar-refractivity contribution in [1.29, 1.82) is 0 Å². The van der Waals surface area contributed by atoms with Crippen LogP contribution < -0.4 is 4.74 Å². The molecular weight excluding hydrogens is 392 g/mol. The Hall–Kier alpha value is -3.26. The van der Waals surface area contributed by atoms with Gasteiger partial charge in [-0.05, 0) is 67.1 Å². The van der Waals surface area contributed by atoms with Crippen molar-refractivity contribution in [3.05, 3.63) is 58.5 Å². The fraction of sp³-hybridized carbons (Fsp3) is 0.190. The zero-order chi connectivity index (χ0) is 21.0. The van der Waals surface area contributed by atoms with Gasteiger partial charge in [-0.25, -0.2) is 9.79 Å². The number of benzene rings is 2. The Bertz CT molecular complexity index is 999. The fourth-order valence-corrected chi connectivity index (χ4v) is 3.71. The molecule has 1 fully saturated rings. The third-order valence-corrected chi connectivity index (χ3v) is 5.10. The topological polar surface area (TPSA) is 99.4 Å². The summed E-state index contributed by atoms with van der Waals surface area (Å²) in [5, 5.41) is 19.3. The first kappa shape index (κ1) is 20.5. The van der Waals surface area contributed by atoms with Gasteiger partial charge in [-0.1, -0.05) is 18.2 Å². The van der Waals surface area contributed by atoms with Crippen LogP contribution in [0.15, 0.2) is 52.4 Å².